The van der Waals surface area contributed by atoms with Crippen molar-refractivity contribution in [1.82, 2.24) is 20.2 Å². The summed E-state index contributed by atoms with van der Waals surface area (Å²) in [5, 5.41) is 6.88. The number of allylic oxidation sites excluding steroid dienone is 1. The van der Waals surface area contributed by atoms with Gasteiger partial charge in [-0.3, -0.25) is 15.1 Å². The zero-order valence-corrected chi connectivity index (χ0v) is 11.5. The molecule has 1 N–H and O–H groups in total. The van der Waals surface area contributed by atoms with Gasteiger partial charge >= 0.3 is 0 Å². The molecule has 0 saturated carbocycles. The predicted molar refractivity (Wildman–Crippen MR) is 81.4 cm³/mol. The van der Waals surface area contributed by atoms with Gasteiger partial charge in [0.25, 0.3) is 0 Å². The van der Waals surface area contributed by atoms with Crippen molar-refractivity contribution >= 4 is 11.6 Å². The summed E-state index contributed by atoms with van der Waals surface area (Å²) in [5.41, 5.74) is 7.08. The summed E-state index contributed by atoms with van der Waals surface area (Å²) < 4.78 is 0. The molecule has 0 unspecified atom stereocenters. The molecule has 1 aliphatic carbocycles. The summed E-state index contributed by atoms with van der Waals surface area (Å²) in [6.07, 6.45) is 11.5. The van der Waals surface area contributed by atoms with Crippen LogP contribution >= 0.6 is 0 Å². The Hall–Kier alpha value is -2.75. The summed E-state index contributed by atoms with van der Waals surface area (Å²) in [7, 11) is 0. The molecular formula is C17H14N4. The zero-order valence-electron chi connectivity index (χ0n) is 11.5. The van der Waals surface area contributed by atoms with E-state index in [4.69, 9.17) is 0 Å². The highest BCUT2D eigenvalue weighted by atomic mass is 15.1. The van der Waals surface area contributed by atoms with Crippen LogP contribution in [0, 0.1) is 0 Å². The number of hydrogen-bond donors (Lipinski definition) is 1. The minimum atomic E-state index is 0.773. The number of aromatic nitrogens is 4. The molecule has 102 valence electrons. The fourth-order valence-electron chi connectivity index (χ4n) is 2.68. The fourth-order valence-corrected chi connectivity index (χ4v) is 2.68. The van der Waals surface area contributed by atoms with Crippen molar-refractivity contribution in [3.8, 4) is 0 Å². The molecule has 4 rings (SSSR count). The van der Waals surface area contributed by atoms with Crippen LogP contribution in [-0.4, -0.2) is 20.2 Å². The maximum atomic E-state index is 4.55. The fraction of sp³-hybridized carbons (Fsp3) is 0.118. The number of hydrogen-bond acceptors (Lipinski definition) is 3. The van der Waals surface area contributed by atoms with Crippen molar-refractivity contribution < 1.29 is 0 Å². The first-order valence-electron chi connectivity index (χ1n) is 6.96. The highest BCUT2D eigenvalue weighted by Gasteiger charge is 2.16. The smallest absolute Gasteiger partial charge is 0.0562 e. The van der Waals surface area contributed by atoms with Crippen molar-refractivity contribution in [2.75, 3.05) is 0 Å². The molecule has 0 aliphatic heterocycles. The van der Waals surface area contributed by atoms with Crippen LogP contribution in [0.2, 0.25) is 0 Å². The van der Waals surface area contributed by atoms with E-state index in [9.17, 15) is 0 Å². The summed E-state index contributed by atoms with van der Waals surface area (Å²) in [5.74, 6) is 0. The van der Waals surface area contributed by atoms with E-state index in [-0.39, 0.29) is 0 Å². The van der Waals surface area contributed by atoms with E-state index in [0.29, 0.717) is 0 Å². The third-order valence-corrected chi connectivity index (χ3v) is 3.75. The second kappa shape index (κ2) is 4.98. The van der Waals surface area contributed by atoms with Crippen molar-refractivity contribution in [2.24, 2.45) is 0 Å². The van der Waals surface area contributed by atoms with Crippen LogP contribution < -0.4 is 0 Å². The Morgan fingerprint density at radius 1 is 1.10 bits per heavy atom. The van der Waals surface area contributed by atoms with Gasteiger partial charge in [0.1, 0.15) is 0 Å². The number of nitrogens with zero attached hydrogens (tertiary/aromatic N) is 3. The molecule has 0 spiro atoms. The number of nitrogens with one attached hydrogen (secondary N) is 1. The van der Waals surface area contributed by atoms with Crippen LogP contribution in [0.3, 0.4) is 0 Å². The number of fused-ring (bicyclic) bond motifs is 1. The Kier molecular flexibility index (Phi) is 2.85. The largest absolute Gasteiger partial charge is 0.285 e. The molecule has 4 nitrogen and oxygen atoms in total. The van der Waals surface area contributed by atoms with Crippen LogP contribution in [0.1, 0.15) is 28.1 Å². The normalized spacial score (nSPS) is 13.0. The topological polar surface area (TPSA) is 54.5 Å². The molecule has 0 fully saturated rings. The minimum Gasteiger partial charge on any atom is -0.285 e. The van der Waals surface area contributed by atoms with Crippen molar-refractivity contribution in [2.45, 2.75) is 12.8 Å². The van der Waals surface area contributed by atoms with E-state index in [2.05, 4.69) is 32.3 Å². The van der Waals surface area contributed by atoms with Crippen molar-refractivity contribution in [1.29, 1.82) is 0 Å². The van der Waals surface area contributed by atoms with Gasteiger partial charge in [0.05, 0.1) is 6.20 Å². The van der Waals surface area contributed by atoms with Crippen molar-refractivity contribution in [3.63, 3.8) is 0 Å². The highest BCUT2D eigenvalue weighted by Crippen LogP contribution is 2.31. The summed E-state index contributed by atoms with van der Waals surface area (Å²) >= 11 is 0. The highest BCUT2D eigenvalue weighted by molar-refractivity contribution is 5.87. The Bertz CT molecular complexity index is 789. The lowest BCUT2D eigenvalue weighted by molar-refractivity contribution is 1.00. The first-order chi connectivity index (χ1) is 10.4. The zero-order chi connectivity index (χ0) is 14.1. The first-order valence-corrected chi connectivity index (χ1v) is 6.96. The molecule has 21 heavy (non-hydrogen) atoms. The maximum absolute atomic E-state index is 4.55. The lowest BCUT2D eigenvalue weighted by atomic mass is 10.1. The van der Waals surface area contributed by atoms with E-state index in [1.165, 1.54) is 16.7 Å². The molecule has 3 aromatic heterocycles. The molecule has 3 aromatic rings. The molecule has 1 aliphatic rings. The van der Waals surface area contributed by atoms with Gasteiger partial charge in [-0.2, -0.15) is 5.10 Å². The van der Waals surface area contributed by atoms with Gasteiger partial charge in [-0.15, -0.1) is 0 Å². The van der Waals surface area contributed by atoms with Gasteiger partial charge in [0.2, 0.25) is 0 Å². The molecule has 0 radical (unpaired) electrons. The minimum absolute atomic E-state index is 0.773. The van der Waals surface area contributed by atoms with Gasteiger partial charge in [-0.1, -0.05) is 6.07 Å². The third kappa shape index (κ3) is 2.36. The lowest BCUT2D eigenvalue weighted by Gasteiger charge is -2.04. The van der Waals surface area contributed by atoms with Crippen molar-refractivity contribution in [3.05, 3.63) is 77.1 Å². The van der Waals surface area contributed by atoms with Gasteiger partial charge in [-0.05, 0) is 47.4 Å². The van der Waals surface area contributed by atoms with Crippen LogP contribution in [-0.2, 0) is 12.8 Å². The predicted octanol–water partition coefficient (Wildman–Crippen LogP) is 2.89. The van der Waals surface area contributed by atoms with E-state index in [1.807, 2.05) is 43.0 Å². The Morgan fingerprint density at radius 3 is 2.90 bits per heavy atom. The van der Waals surface area contributed by atoms with Gasteiger partial charge in [-0.25, -0.2) is 0 Å². The molecule has 0 atom stereocenters. The Labute approximate surface area is 122 Å². The average Bonchev–Trinajstić information content (AvgIpc) is 3.17. The van der Waals surface area contributed by atoms with Crippen LogP contribution in [0.25, 0.3) is 11.6 Å². The Morgan fingerprint density at radius 2 is 2.10 bits per heavy atom. The summed E-state index contributed by atoms with van der Waals surface area (Å²) in [6.45, 7) is 0. The van der Waals surface area contributed by atoms with E-state index in [1.54, 1.807) is 0 Å². The van der Waals surface area contributed by atoms with Gasteiger partial charge in [0.15, 0.2) is 0 Å². The van der Waals surface area contributed by atoms with E-state index in [0.717, 1.165) is 29.8 Å². The standard InChI is InChI=1S/C17H14N4/c1-2-4-18-16(3-1)8-17-7-13-5-12(6-14(13)9-19-17)15-10-20-21-11-15/h1-4,6-7,9-11H,5,8H2,(H,20,21). The summed E-state index contributed by atoms with van der Waals surface area (Å²) in [6, 6.07) is 8.16. The number of rotatable bonds is 3. The maximum Gasteiger partial charge on any atom is 0.0562 e. The lowest BCUT2D eigenvalue weighted by Crippen LogP contribution is -1.96. The van der Waals surface area contributed by atoms with Gasteiger partial charge in [0, 0.05) is 42.0 Å². The molecule has 0 bridgehead atoms. The molecule has 4 heteroatoms. The molecule has 0 aromatic carbocycles. The van der Waals surface area contributed by atoms with E-state index < -0.39 is 0 Å². The average molecular weight is 274 g/mol. The van der Waals surface area contributed by atoms with Gasteiger partial charge < -0.3 is 0 Å². The molecular weight excluding hydrogens is 260 g/mol. The quantitative estimate of drug-likeness (QED) is 0.799. The molecule has 3 heterocycles. The second-order valence-corrected chi connectivity index (χ2v) is 5.21. The monoisotopic (exact) mass is 274 g/mol. The summed E-state index contributed by atoms with van der Waals surface area (Å²) in [4.78, 5) is 8.91. The SMILES string of the molecule is C1=C(c2cn[nH]c2)Cc2cc(Cc3ccccn3)ncc21. The van der Waals surface area contributed by atoms with Crippen LogP contribution in [0.15, 0.2) is 49.1 Å². The van der Waals surface area contributed by atoms with Crippen LogP contribution in [0.4, 0.5) is 0 Å². The molecule has 0 amide bonds. The number of H-pyrrole nitrogens is 1. The second-order valence-electron chi connectivity index (χ2n) is 5.21. The van der Waals surface area contributed by atoms with E-state index >= 15 is 0 Å². The first kappa shape index (κ1) is 12.0. The number of aromatic amines is 1. The number of pyridine rings is 2. The Balaban J connectivity index is 1.58. The molecule has 0 saturated heterocycles. The third-order valence-electron chi connectivity index (χ3n) is 3.75. The van der Waals surface area contributed by atoms with Crippen LogP contribution in [0.5, 0.6) is 0 Å².